The van der Waals surface area contributed by atoms with Gasteiger partial charge in [0, 0.05) is 6.20 Å². The monoisotopic (exact) mass is 465 g/mol. The van der Waals surface area contributed by atoms with E-state index in [2.05, 4.69) is 43.4 Å². The molecule has 1 aromatic rings. The highest BCUT2D eigenvalue weighted by atomic mass is 32.3. The molecule has 2 atom stereocenters. The number of nitrogens with one attached hydrogen (secondary N) is 1. The van der Waals surface area contributed by atoms with Crippen LogP contribution >= 0.6 is 11.8 Å². The van der Waals surface area contributed by atoms with Gasteiger partial charge in [-0.2, -0.15) is 0 Å². The van der Waals surface area contributed by atoms with Gasteiger partial charge in [0.1, 0.15) is 19.5 Å². The molecule has 1 aliphatic carbocycles. The van der Waals surface area contributed by atoms with Crippen LogP contribution in [-0.2, 0) is 34.0 Å². The average molecular weight is 466 g/mol. The zero-order valence-electron chi connectivity index (χ0n) is 19.3. The van der Waals surface area contributed by atoms with Gasteiger partial charge in [-0.1, -0.05) is 45.5 Å². The number of benzene rings is 1. The first-order valence-electron chi connectivity index (χ1n) is 10.9. The predicted octanol–water partition coefficient (Wildman–Crippen LogP) is 4.07. The third-order valence-electron chi connectivity index (χ3n) is 5.87. The summed E-state index contributed by atoms with van der Waals surface area (Å²) in [5.74, 6) is 0.0983. The number of hydrogen-bond donors (Lipinski definition) is 3. The Morgan fingerprint density at radius 2 is 2.00 bits per heavy atom. The number of rotatable bonds is 6. The molecule has 2 unspecified atom stereocenters. The quantitative estimate of drug-likeness (QED) is 0.587. The zero-order valence-corrected chi connectivity index (χ0v) is 21.0. The van der Waals surface area contributed by atoms with E-state index in [4.69, 9.17) is 5.14 Å². The Hall–Kier alpha value is -1.35. The summed E-state index contributed by atoms with van der Waals surface area (Å²) in [7, 11) is -3.37. The van der Waals surface area contributed by atoms with Crippen molar-refractivity contribution in [3.63, 3.8) is 0 Å². The van der Waals surface area contributed by atoms with E-state index >= 15 is 0 Å². The number of carbonyl (C=O) groups is 1. The number of amides is 1. The highest BCUT2D eigenvalue weighted by Gasteiger charge is 2.34. The number of fused-ring (bicyclic) bond motifs is 1. The minimum absolute atomic E-state index is 0.1000. The lowest BCUT2D eigenvalue weighted by molar-refractivity contribution is -0.117. The van der Waals surface area contributed by atoms with Gasteiger partial charge in [-0.15, -0.1) is 4.36 Å². The Morgan fingerprint density at radius 3 is 2.55 bits per heavy atom. The van der Waals surface area contributed by atoms with E-state index in [0.717, 1.165) is 36.6 Å². The Balaban J connectivity index is 1.94. The van der Waals surface area contributed by atoms with Crippen LogP contribution in [0.2, 0.25) is 0 Å². The highest BCUT2D eigenvalue weighted by molar-refractivity contribution is 8.19. The zero-order chi connectivity index (χ0) is 23.1. The molecule has 0 spiro atoms. The lowest BCUT2D eigenvalue weighted by Gasteiger charge is -2.25. The van der Waals surface area contributed by atoms with Crippen molar-refractivity contribution in [2.45, 2.75) is 90.0 Å². The van der Waals surface area contributed by atoms with E-state index in [1.54, 1.807) is 13.8 Å². The standard InChI is InChI=1S/C23H35N3O3S2/c1-13(2)17-10-15-8-7-9-16(15)21(14(3)4)18(17)11-19(27)26-31(24,29)20-12-25-22(30-20)23(5,6)28/h10,12-14,22,25,28H,7-9,11H2,1-6H3,(H2,24,26,27,29). The molecule has 0 bridgehead atoms. The van der Waals surface area contributed by atoms with Crippen molar-refractivity contribution in [1.29, 1.82) is 0 Å². The van der Waals surface area contributed by atoms with Gasteiger partial charge in [-0.25, -0.2) is 9.35 Å². The van der Waals surface area contributed by atoms with Crippen LogP contribution < -0.4 is 10.5 Å². The van der Waals surface area contributed by atoms with Crippen LogP contribution in [0.1, 0.15) is 87.6 Å². The summed E-state index contributed by atoms with van der Waals surface area (Å²) in [4.78, 5) is 13.0. The Kier molecular flexibility index (Phi) is 6.96. The summed E-state index contributed by atoms with van der Waals surface area (Å²) < 4.78 is 17.3. The molecule has 1 amide bonds. The second-order valence-electron chi connectivity index (χ2n) is 9.67. The van der Waals surface area contributed by atoms with Crippen LogP contribution in [0.4, 0.5) is 0 Å². The summed E-state index contributed by atoms with van der Waals surface area (Å²) in [5, 5.41) is 18.7. The number of nitrogens with two attached hydrogens (primary N) is 1. The Labute approximate surface area is 190 Å². The number of aliphatic hydroxyl groups is 1. The van der Waals surface area contributed by atoms with E-state index in [1.165, 1.54) is 28.5 Å². The number of carbonyl (C=O) groups excluding carboxylic acids is 1. The molecular weight excluding hydrogens is 430 g/mol. The lowest BCUT2D eigenvalue weighted by Crippen LogP contribution is -2.39. The van der Waals surface area contributed by atoms with E-state index in [1.807, 2.05) is 0 Å². The highest BCUT2D eigenvalue weighted by Crippen LogP contribution is 2.38. The van der Waals surface area contributed by atoms with Crippen molar-refractivity contribution < 1.29 is 14.1 Å². The number of thioether (sulfide) groups is 1. The third-order valence-corrected chi connectivity index (χ3v) is 9.34. The fourth-order valence-corrected chi connectivity index (χ4v) is 6.90. The van der Waals surface area contributed by atoms with E-state index in [-0.39, 0.29) is 16.6 Å². The maximum atomic E-state index is 13.1. The molecule has 3 rings (SSSR count). The molecule has 31 heavy (non-hydrogen) atoms. The summed E-state index contributed by atoms with van der Waals surface area (Å²) >= 11 is 1.16. The molecule has 1 aliphatic heterocycles. The normalized spacial score (nSPS) is 20.5. The van der Waals surface area contributed by atoms with Crippen molar-refractivity contribution in [2.75, 3.05) is 0 Å². The third kappa shape index (κ3) is 5.18. The Morgan fingerprint density at radius 1 is 1.32 bits per heavy atom. The molecule has 4 N–H and O–H groups in total. The van der Waals surface area contributed by atoms with Gasteiger partial charge >= 0.3 is 0 Å². The Bertz CT molecular complexity index is 1030. The van der Waals surface area contributed by atoms with Gasteiger partial charge in [-0.3, -0.25) is 4.79 Å². The number of aryl methyl sites for hydroxylation is 1. The molecule has 8 heteroatoms. The van der Waals surface area contributed by atoms with E-state index in [0.29, 0.717) is 5.92 Å². The van der Waals surface area contributed by atoms with Crippen LogP contribution in [0.3, 0.4) is 0 Å². The maximum Gasteiger partial charge on any atom is 0.259 e. The molecule has 172 valence electrons. The SMILES string of the molecule is CC(C)c1cc2c(c(C(C)C)c1CC(=O)N=S(N)(=O)C1=CNC(C(C)(C)O)S1)CCC2. The minimum atomic E-state index is -3.37. The molecule has 0 aromatic heterocycles. The van der Waals surface area contributed by atoms with Gasteiger partial charge in [0.25, 0.3) is 5.91 Å². The van der Waals surface area contributed by atoms with Crippen LogP contribution in [0.25, 0.3) is 0 Å². The molecule has 6 nitrogen and oxygen atoms in total. The van der Waals surface area contributed by atoms with Crippen LogP contribution in [-0.4, -0.2) is 26.2 Å². The topological polar surface area (TPSA) is 105 Å². The van der Waals surface area contributed by atoms with Crippen LogP contribution in [0.15, 0.2) is 20.9 Å². The molecule has 0 saturated carbocycles. The van der Waals surface area contributed by atoms with E-state index < -0.39 is 26.8 Å². The molecule has 1 aromatic carbocycles. The first kappa shape index (κ1) is 24.3. The van der Waals surface area contributed by atoms with Gasteiger partial charge in [0.2, 0.25) is 0 Å². The fraction of sp³-hybridized carbons (Fsp3) is 0.609. The number of nitrogens with zero attached hydrogens (tertiary/aromatic N) is 1. The molecule has 0 saturated heterocycles. The van der Waals surface area contributed by atoms with Gasteiger partial charge in [-0.05, 0) is 72.8 Å². The minimum Gasteiger partial charge on any atom is -0.387 e. The largest absolute Gasteiger partial charge is 0.387 e. The lowest BCUT2D eigenvalue weighted by atomic mass is 9.82. The van der Waals surface area contributed by atoms with Crippen molar-refractivity contribution in [3.8, 4) is 0 Å². The molecule has 0 fully saturated rings. The summed E-state index contributed by atoms with van der Waals surface area (Å²) in [5.41, 5.74) is 5.20. The maximum absolute atomic E-state index is 13.1. The smallest absolute Gasteiger partial charge is 0.259 e. The van der Waals surface area contributed by atoms with Crippen molar-refractivity contribution in [2.24, 2.45) is 9.50 Å². The van der Waals surface area contributed by atoms with Crippen molar-refractivity contribution in [1.82, 2.24) is 5.32 Å². The second kappa shape index (κ2) is 8.89. The first-order valence-corrected chi connectivity index (χ1v) is 13.4. The van der Waals surface area contributed by atoms with Gasteiger partial charge < -0.3 is 10.4 Å². The molecular formula is C23H35N3O3S2. The summed E-state index contributed by atoms with van der Waals surface area (Å²) in [6.45, 7) is 11.9. The average Bonchev–Trinajstić information content (AvgIpc) is 3.29. The number of hydrogen-bond acceptors (Lipinski definition) is 5. The fourth-order valence-electron chi connectivity index (χ4n) is 4.46. The summed E-state index contributed by atoms with van der Waals surface area (Å²) in [6.07, 6.45) is 4.88. The van der Waals surface area contributed by atoms with Gasteiger partial charge in [0.05, 0.1) is 12.0 Å². The van der Waals surface area contributed by atoms with Crippen LogP contribution in [0.5, 0.6) is 0 Å². The molecule has 2 aliphatic rings. The van der Waals surface area contributed by atoms with E-state index in [9.17, 15) is 14.1 Å². The van der Waals surface area contributed by atoms with Gasteiger partial charge in [0.15, 0.2) is 0 Å². The van der Waals surface area contributed by atoms with Crippen molar-refractivity contribution in [3.05, 3.63) is 44.3 Å². The second-order valence-corrected chi connectivity index (χ2v) is 12.8. The molecule has 1 heterocycles. The summed E-state index contributed by atoms with van der Waals surface area (Å²) in [6, 6.07) is 2.26. The first-order chi connectivity index (χ1) is 14.3. The van der Waals surface area contributed by atoms with Crippen molar-refractivity contribution >= 4 is 27.6 Å². The molecule has 0 radical (unpaired) electrons. The predicted molar refractivity (Wildman–Crippen MR) is 129 cm³/mol. The van der Waals surface area contributed by atoms with Crippen LogP contribution in [0, 0.1) is 0 Å².